The molecule has 1 aromatic rings. The van der Waals surface area contributed by atoms with E-state index in [9.17, 15) is 0 Å². The summed E-state index contributed by atoms with van der Waals surface area (Å²) in [6.45, 7) is 2.92. The fraction of sp³-hybridized carbons (Fsp3) is 0.400. The summed E-state index contributed by atoms with van der Waals surface area (Å²) >= 11 is 0. The van der Waals surface area contributed by atoms with Gasteiger partial charge in [-0.1, -0.05) is 19.1 Å². The topological polar surface area (TPSA) is 52.0 Å². The molecule has 1 unspecified atom stereocenters. The Bertz CT molecular complexity index is 228. The van der Waals surface area contributed by atoms with E-state index in [-0.39, 0.29) is 0 Å². The van der Waals surface area contributed by atoms with Crippen molar-refractivity contribution in [3.05, 3.63) is 29.8 Å². The first-order chi connectivity index (χ1) is 5.74. The lowest BCUT2D eigenvalue weighted by molar-refractivity contribution is 0.690. The lowest BCUT2D eigenvalue weighted by atomic mass is 9.98. The molecular formula is C10H16N2. The van der Waals surface area contributed by atoms with Gasteiger partial charge in [-0.05, 0) is 36.6 Å². The summed E-state index contributed by atoms with van der Waals surface area (Å²) in [6, 6.07) is 8.00. The van der Waals surface area contributed by atoms with Crippen molar-refractivity contribution in [2.45, 2.75) is 19.3 Å². The Kier molecular flexibility index (Phi) is 3.11. The highest BCUT2D eigenvalue weighted by Gasteiger charge is 2.02. The van der Waals surface area contributed by atoms with Crippen LogP contribution in [-0.2, 0) is 0 Å². The number of rotatable bonds is 3. The zero-order valence-electron chi connectivity index (χ0n) is 7.46. The second-order valence-corrected chi connectivity index (χ2v) is 3.15. The third-order valence-electron chi connectivity index (χ3n) is 2.11. The molecule has 1 aromatic carbocycles. The second-order valence-electron chi connectivity index (χ2n) is 3.15. The normalized spacial score (nSPS) is 12.8. The Morgan fingerprint density at radius 1 is 1.25 bits per heavy atom. The van der Waals surface area contributed by atoms with Crippen molar-refractivity contribution in [2.24, 2.45) is 5.73 Å². The fourth-order valence-electron chi connectivity index (χ4n) is 1.24. The minimum Gasteiger partial charge on any atom is -0.399 e. The van der Waals surface area contributed by atoms with Gasteiger partial charge in [-0.15, -0.1) is 0 Å². The molecule has 0 aromatic heterocycles. The average Bonchev–Trinajstić information content (AvgIpc) is 2.06. The molecule has 0 bridgehead atoms. The molecule has 0 aliphatic rings. The molecule has 1 rings (SSSR count). The molecule has 0 radical (unpaired) electrons. The van der Waals surface area contributed by atoms with E-state index in [0.717, 1.165) is 18.7 Å². The molecule has 2 nitrogen and oxygen atoms in total. The van der Waals surface area contributed by atoms with Crippen LogP contribution >= 0.6 is 0 Å². The third kappa shape index (κ3) is 2.24. The first kappa shape index (κ1) is 9.07. The second kappa shape index (κ2) is 4.12. The molecule has 0 saturated carbocycles. The van der Waals surface area contributed by atoms with E-state index in [4.69, 9.17) is 11.5 Å². The van der Waals surface area contributed by atoms with Gasteiger partial charge in [0.25, 0.3) is 0 Å². The van der Waals surface area contributed by atoms with Crippen LogP contribution in [0.2, 0.25) is 0 Å². The van der Waals surface area contributed by atoms with E-state index >= 15 is 0 Å². The van der Waals surface area contributed by atoms with E-state index in [0.29, 0.717) is 5.92 Å². The summed E-state index contributed by atoms with van der Waals surface area (Å²) in [5.41, 5.74) is 13.2. The molecule has 0 heterocycles. The first-order valence-electron chi connectivity index (χ1n) is 4.29. The molecule has 0 amide bonds. The number of nitrogen functional groups attached to an aromatic ring is 1. The summed E-state index contributed by atoms with van der Waals surface area (Å²) in [5.74, 6) is 0.538. The standard InChI is InChI=1S/C10H16N2/c1-8(6-7-11)9-2-4-10(12)5-3-9/h2-5,8H,6-7,11-12H2,1H3. The van der Waals surface area contributed by atoms with Gasteiger partial charge < -0.3 is 11.5 Å². The van der Waals surface area contributed by atoms with Gasteiger partial charge in [0.1, 0.15) is 0 Å². The molecule has 0 aliphatic heterocycles. The lowest BCUT2D eigenvalue weighted by Gasteiger charge is -2.09. The van der Waals surface area contributed by atoms with Crippen LogP contribution in [0.1, 0.15) is 24.8 Å². The predicted octanol–water partition coefficient (Wildman–Crippen LogP) is 1.72. The van der Waals surface area contributed by atoms with Crippen LogP contribution in [0, 0.1) is 0 Å². The average molecular weight is 164 g/mol. The monoisotopic (exact) mass is 164 g/mol. The maximum atomic E-state index is 5.58. The van der Waals surface area contributed by atoms with E-state index in [1.165, 1.54) is 5.56 Å². The highest BCUT2D eigenvalue weighted by Crippen LogP contribution is 2.18. The van der Waals surface area contributed by atoms with Gasteiger partial charge in [-0.25, -0.2) is 0 Å². The molecule has 4 N–H and O–H groups in total. The van der Waals surface area contributed by atoms with Crippen LogP contribution in [0.25, 0.3) is 0 Å². The van der Waals surface area contributed by atoms with Crippen LogP contribution in [-0.4, -0.2) is 6.54 Å². The summed E-state index contributed by atoms with van der Waals surface area (Å²) in [7, 11) is 0. The van der Waals surface area contributed by atoms with Gasteiger partial charge in [-0.2, -0.15) is 0 Å². The molecule has 12 heavy (non-hydrogen) atoms. The number of nitrogens with two attached hydrogens (primary N) is 2. The Balaban J connectivity index is 2.68. The van der Waals surface area contributed by atoms with Crippen molar-refractivity contribution in [3.8, 4) is 0 Å². The van der Waals surface area contributed by atoms with Gasteiger partial charge in [0.2, 0.25) is 0 Å². The molecule has 2 heteroatoms. The largest absolute Gasteiger partial charge is 0.399 e. The van der Waals surface area contributed by atoms with Crippen molar-refractivity contribution in [1.82, 2.24) is 0 Å². The van der Waals surface area contributed by atoms with E-state index in [2.05, 4.69) is 19.1 Å². The molecular weight excluding hydrogens is 148 g/mol. The molecule has 0 saturated heterocycles. The van der Waals surface area contributed by atoms with Crippen LogP contribution in [0.15, 0.2) is 24.3 Å². The number of anilines is 1. The minimum absolute atomic E-state index is 0.538. The molecule has 0 spiro atoms. The van der Waals surface area contributed by atoms with Gasteiger partial charge in [0.05, 0.1) is 0 Å². The van der Waals surface area contributed by atoms with Crippen molar-refractivity contribution in [2.75, 3.05) is 12.3 Å². The number of hydrogen-bond acceptors (Lipinski definition) is 2. The molecule has 1 atom stereocenters. The van der Waals surface area contributed by atoms with Crippen molar-refractivity contribution in [1.29, 1.82) is 0 Å². The highest BCUT2D eigenvalue weighted by molar-refractivity contribution is 5.40. The molecule has 0 aliphatic carbocycles. The highest BCUT2D eigenvalue weighted by atomic mass is 14.5. The lowest BCUT2D eigenvalue weighted by Crippen LogP contribution is -2.04. The first-order valence-corrected chi connectivity index (χ1v) is 4.29. The maximum absolute atomic E-state index is 5.58. The Morgan fingerprint density at radius 2 is 1.83 bits per heavy atom. The predicted molar refractivity (Wildman–Crippen MR) is 52.9 cm³/mol. The van der Waals surface area contributed by atoms with E-state index in [1.54, 1.807) is 0 Å². The van der Waals surface area contributed by atoms with Crippen molar-refractivity contribution < 1.29 is 0 Å². The van der Waals surface area contributed by atoms with Crippen molar-refractivity contribution >= 4 is 5.69 Å². The van der Waals surface area contributed by atoms with Crippen LogP contribution in [0.3, 0.4) is 0 Å². The zero-order valence-corrected chi connectivity index (χ0v) is 7.46. The molecule has 66 valence electrons. The quantitative estimate of drug-likeness (QED) is 0.668. The van der Waals surface area contributed by atoms with E-state index in [1.807, 2.05) is 12.1 Å². The van der Waals surface area contributed by atoms with Crippen LogP contribution in [0.5, 0.6) is 0 Å². The summed E-state index contributed by atoms with van der Waals surface area (Å²) in [6.07, 6.45) is 1.03. The number of hydrogen-bond donors (Lipinski definition) is 2. The third-order valence-corrected chi connectivity index (χ3v) is 2.11. The van der Waals surface area contributed by atoms with Crippen molar-refractivity contribution in [3.63, 3.8) is 0 Å². The fourth-order valence-corrected chi connectivity index (χ4v) is 1.24. The van der Waals surface area contributed by atoms with E-state index < -0.39 is 0 Å². The maximum Gasteiger partial charge on any atom is 0.0314 e. The Hall–Kier alpha value is -1.02. The van der Waals surface area contributed by atoms with Crippen LogP contribution in [0.4, 0.5) is 5.69 Å². The molecule has 0 fully saturated rings. The SMILES string of the molecule is CC(CCN)c1ccc(N)cc1. The zero-order chi connectivity index (χ0) is 8.97. The smallest absolute Gasteiger partial charge is 0.0314 e. The van der Waals surface area contributed by atoms with Crippen LogP contribution < -0.4 is 11.5 Å². The summed E-state index contributed by atoms with van der Waals surface area (Å²) < 4.78 is 0. The summed E-state index contributed by atoms with van der Waals surface area (Å²) in [5, 5.41) is 0. The summed E-state index contributed by atoms with van der Waals surface area (Å²) in [4.78, 5) is 0. The number of benzene rings is 1. The van der Waals surface area contributed by atoms with Gasteiger partial charge in [0.15, 0.2) is 0 Å². The Morgan fingerprint density at radius 3 is 2.33 bits per heavy atom. The Labute approximate surface area is 73.6 Å². The minimum atomic E-state index is 0.538. The van der Waals surface area contributed by atoms with Gasteiger partial charge in [0, 0.05) is 5.69 Å². The van der Waals surface area contributed by atoms with Gasteiger partial charge in [-0.3, -0.25) is 0 Å². The van der Waals surface area contributed by atoms with Gasteiger partial charge >= 0.3 is 0 Å².